The molecule has 0 saturated carbocycles. The monoisotopic (exact) mass is 494 g/mol. The van der Waals surface area contributed by atoms with Crippen LogP contribution < -0.4 is 5.32 Å². The third-order valence-corrected chi connectivity index (χ3v) is 8.95. The van der Waals surface area contributed by atoms with E-state index in [1.54, 1.807) is 28.0 Å². The highest BCUT2D eigenvalue weighted by molar-refractivity contribution is 7.89. The molecule has 1 N–H and O–H groups in total. The Morgan fingerprint density at radius 2 is 1.74 bits per heavy atom. The third-order valence-electron chi connectivity index (χ3n) is 6.80. The first-order valence-corrected chi connectivity index (χ1v) is 13.7. The lowest BCUT2D eigenvalue weighted by Gasteiger charge is -2.29. The smallest absolute Gasteiger partial charge is 0.255 e. The van der Waals surface area contributed by atoms with E-state index in [0.717, 1.165) is 30.5 Å². The van der Waals surface area contributed by atoms with Crippen molar-refractivity contribution in [3.8, 4) is 0 Å². The number of aromatic nitrogens is 2. The summed E-state index contributed by atoms with van der Waals surface area (Å²) < 4.78 is 30.0. The molecule has 1 fully saturated rings. The number of nitrogens with one attached hydrogen (secondary N) is 1. The van der Waals surface area contributed by atoms with Gasteiger partial charge < -0.3 is 5.32 Å². The van der Waals surface area contributed by atoms with E-state index < -0.39 is 10.0 Å². The van der Waals surface area contributed by atoms with Crippen molar-refractivity contribution in [1.29, 1.82) is 0 Å². The predicted octanol–water partition coefficient (Wildman–Crippen LogP) is 4.78. The molecule has 1 aliphatic heterocycles. The molecule has 1 aliphatic rings. The van der Waals surface area contributed by atoms with Gasteiger partial charge in [0.05, 0.1) is 17.9 Å². The number of benzene rings is 2. The van der Waals surface area contributed by atoms with E-state index in [2.05, 4.69) is 24.3 Å². The zero-order valence-corrected chi connectivity index (χ0v) is 21.7. The van der Waals surface area contributed by atoms with Crippen LogP contribution in [0.3, 0.4) is 0 Å². The van der Waals surface area contributed by atoms with Crippen LogP contribution in [0.4, 0.5) is 5.69 Å². The summed E-state index contributed by atoms with van der Waals surface area (Å²) in [6.45, 7) is 9.35. The molecule has 0 radical (unpaired) electrons. The van der Waals surface area contributed by atoms with Crippen molar-refractivity contribution in [2.75, 3.05) is 18.4 Å². The van der Waals surface area contributed by atoms with Gasteiger partial charge in [-0.25, -0.2) is 8.42 Å². The molecule has 8 heteroatoms. The van der Waals surface area contributed by atoms with E-state index >= 15 is 0 Å². The van der Waals surface area contributed by atoms with Crippen LogP contribution in [0, 0.1) is 19.8 Å². The fourth-order valence-corrected chi connectivity index (χ4v) is 6.41. The molecule has 3 aromatic rings. The van der Waals surface area contributed by atoms with Gasteiger partial charge in [0.2, 0.25) is 10.0 Å². The Morgan fingerprint density at radius 3 is 2.40 bits per heavy atom. The highest BCUT2D eigenvalue weighted by atomic mass is 32.2. The van der Waals surface area contributed by atoms with Crippen LogP contribution >= 0.6 is 0 Å². The first-order valence-electron chi connectivity index (χ1n) is 12.2. The fourth-order valence-electron chi connectivity index (χ4n) is 4.57. The lowest BCUT2D eigenvalue weighted by Crippen LogP contribution is -2.38. The van der Waals surface area contributed by atoms with Crippen LogP contribution in [0.1, 0.15) is 59.6 Å². The van der Waals surface area contributed by atoms with Crippen molar-refractivity contribution in [1.82, 2.24) is 14.1 Å². The summed E-state index contributed by atoms with van der Waals surface area (Å²) in [5, 5.41) is 7.49. The zero-order chi connectivity index (χ0) is 25.2. The SMILES string of the molecule is CCc1cccc(NC(=O)c2ccc(Cn3nc(C)c(S(=O)(=O)N4CCC(C)CC4)c3C)cc2)c1. The van der Waals surface area contributed by atoms with Gasteiger partial charge in [-0.2, -0.15) is 9.40 Å². The van der Waals surface area contributed by atoms with Gasteiger partial charge in [-0.3, -0.25) is 9.48 Å². The van der Waals surface area contributed by atoms with Crippen molar-refractivity contribution >= 4 is 21.6 Å². The molecule has 1 aromatic heterocycles. The second-order valence-electron chi connectivity index (χ2n) is 9.45. The number of hydrogen-bond donors (Lipinski definition) is 1. The van der Waals surface area contributed by atoms with E-state index in [1.807, 2.05) is 43.3 Å². The average molecular weight is 495 g/mol. The molecule has 2 aromatic carbocycles. The van der Waals surface area contributed by atoms with Crippen LogP contribution in [0.2, 0.25) is 0 Å². The van der Waals surface area contributed by atoms with Gasteiger partial charge in [-0.15, -0.1) is 0 Å². The number of hydrogen-bond acceptors (Lipinski definition) is 4. The Kier molecular flexibility index (Phi) is 7.42. The maximum Gasteiger partial charge on any atom is 0.255 e. The summed E-state index contributed by atoms with van der Waals surface area (Å²) in [5.41, 5.74) is 4.60. The third kappa shape index (κ3) is 5.49. The van der Waals surface area contributed by atoms with Gasteiger partial charge in [-0.1, -0.05) is 38.1 Å². The normalized spacial score (nSPS) is 15.3. The van der Waals surface area contributed by atoms with Crippen LogP contribution in [-0.2, 0) is 23.0 Å². The number of carbonyl (C=O) groups is 1. The Labute approximate surface area is 208 Å². The topological polar surface area (TPSA) is 84.3 Å². The van der Waals surface area contributed by atoms with E-state index in [-0.39, 0.29) is 5.91 Å². The summed E-state index contributed by atoms with van der Waals surface area (Å²) in [6, 6.07) is 15.2. The molecule has 0 unspecified atom stereocenters. The molecule has 0 spiro atoms. The number of nitrogens with zero attached hydrogens (tertiary/aromatic N) is 3. The Balaban J connectivity index is 1.47. The van der Waals surface area contributed by atoms with E-state index in [0.29, 0.717) is 47.4 Å². The first-order chi connectivity index (χ1) is 16.7. The summed E-state index contributed by atoms with van der Waals surface area (Å²) in [7, 11) is -3.57. The van der Waals surface area contributed by atoms with E-state index in [1.165, 1.54) is 5.56 Å². The lowest BCUT2D eigenvalue weighted by atomic mass is 10.0. The summed E-state index contributed by atoms with van der Waals surface area (Å²) >= 11 is 0. The molecule has 7 nitrogen and oxygen atoms in total. The number of piperidine rings is 1. The van der Waals surface area contributed by atoms with Crippen LogP contribution in [-0.4, -0.2) is 41.5 Å². The quantitative estimate of drug-likeness (QED) is 0.512. The van der Waals surface area contributed by atoms with Gasteiger partial charge in [0.15, 0.2) is 0 Å². The standard InChI is InChI=1S/C27H34N4O3S/c1-5-22-7-6-8-25(17-22)28-27(32)24-11-9-23(10-12-24)18-31-21(4)26(20(3)29-31)35(33,34)30-15-13-19(2)14-16-30/h6-12,17,19H,5,13-16,18H2,1-4H3,(H,28,32). The number of aryl methyl sites for hydroxylation is 2. The minimum absolute atomic E-state index is 0.167. The van der Waals surface area contributed by atoms with Gasteiger partial charge >= 0.3 is 0 Å². The van der Waals surface area contributed by atoms with Crippen LogP contribution in [0.15, 0.2) is 53.4 Å². The predicted molar refractivity (Wildman–Crippen MR) is 138 cm³/mol. The van der Waals surface area contributed by atoms with E-state index in [9.17, 15) is 13.2 Å². The molecule has 0 atom stereocenters. The Morgan fingerprint density at radius 1 is 1.06 bits per heavy atom. The number of amides is 1. The summed E-state index contributed by atoms with van der Waals surface area (Å²) in [5.74, 6) is 0.387. The second-order valence-corrected chi connectivity index (χ2v) is 11.3. The van der Waals surface area contributed by atoms with Crippen molar-refractivity contribution < 1.29 is 13.2 Å². The first kappa shape index (κ1) is 25.1. The lowest BCUT2D eigenvalue weighted by molar-refractivity contribution is 0.102. The zero-order valence-electron chi connectivity index (χ0n) is 20.9. The molecule has 35 heavy (non-hydrogen) atoms. The fraction of sp³-hybridized carbons (Fsp3) is 0.407. The maximum atomic E-state index is 13.3. The largest absolute Gasteiger partial charge is 0.322 e. The highest BCUT2D eigenvalue weighted by Gasteiger charge is 2.33. The van der Waals surface area contributed by atoms with Gasteiger partial charge in [0, 0.05) is 24.3 Å². The Hall–Kier alpha value is -2.97. The van der Waals surface area contributed by atoms with Crippen molar-refractivity contribution in [3.05, 3.63) is 76.6 Å². The van der Waals surface area contributed by atoms with Crippen molar-refractivity contribution in [2.45, 2.75) is 58.4 Å². The molecule has 1 amide bonds. The van der Waals surface area contributed by atoms with Gasteiger partial charge in [0.1, 0.15) is 4.90 Å². The number of anilines is 1. The number of carbonyl (C=O) groups excluding carboxylic acids is 1. The van der Waals surface area contributed by atoms with E-state index in [4.69, 9.17) is 0 Å². The molecular formula is C27H34N4O3S. The maximum absolute atomic E-state index is 13.3. The van der Waals surface area contributed by atoms with Gasteiger partial charge in [0.25, 0.3) is 5.91 Å². The minimum atomic E-state index is -3.57. The van der Waals surface area contributed by atoms with Crippen molar-refractivity contribution in [2.24, 2.45) is 5.92 Å². The molecule has 186 valence electrons. The molecule has 0 aliphatic carbocycles. The molecule has 0 bridgehead atoms. The van der Waals surface area contributed by atoms with Crippen LogP contribution in [0.5, 0.6) is 0 Å². The van der Waals surface area contributed by atoms with Crippen LogP contribution in [0.25, 0.3) is 0 Å². The molecular weight excluding hydrogens is 460 g/mol. The summed E-state index contributed by atoms with van der Waals surface area (Å²) in [4.78, 5) is 13.0. The molecule has 1 saturated heterocycles. The van der Waals surface area contributed by atoms with Crippen molar-refractivity contribution in [3.63, 3.8) is 0 Å². The number of rotatable bonds is 7. The van der Waals surface area contributed by atoms with Gasteiger partial charge in [-0.05, 0) is 74.4 Å². The average Bonchev–Trinajstić information content (AvgIpc) is 3.13. The summed E-state index contributed by atoms with van der Waals surface area (Å²) in [6.07, 6.45) is 2.68. The Bertz CT molecular complexity index is 1300. The second kappa shape index (κ2) is 10.3. The molecule has 4 rings (SSSR count). The minimum Gasteiger partial charge on any atom is -0.322 e. The highest BCUT2D eigenvalue weighted by Crippen LogP contribution is 2.28. The molecule has 2 heterocycles. The number of sulfonamides is 1.